The first-order chi connectivity index (χ1) is 15.8. The molecule has 0 atom stereocenters. The predicted octanol–water partition coefficient (Wildman–Crippen LogP) is 2.71. The highest BCUT2D eigenvalue weighted by molar-refractivity contribution is 7.80. The summed E-state index contributed by atoms with van der Waals surface area (Å²) in [6.07, 6.45) is 0. The van der Waals surface area contributed by atoms with Gasteiger partial charge in [-0.3, -0.25) is 25.0 Å². The molecule has 33 heavy (non-hydrogen) atoms. The van der Waals surface area contributed by atoms with E-state index in [1.165, 1.54) is 48.5 Å². The Kier molecular flexibility index (Phi) is 5.79. The Labute approximate surface area is 190 Å². The van der Waals surface area contributed by atoms with E-state index in [0.717, 1.165) is 4.57 Å². The number of amides is 1. The lowest BCUT2D eigenvalue weighted by Gasteiger charge is -2.10. The van der Waals surface area contributed by atoms with Gasteiger partial charge >= 0.3 is 5.69 Å². The Bertz CT molecular complexity index is 1510. The molecule has 4 aromatic rings. The molecule has 1 heterocycles. The third kappa shape index (κ3) is 4.52. The number of H-pyrrole nitrogens is 1. The van der Waals surface area contributed by atoms with Gasteiger partial charge in [0.2, 0.25) is 0 Å². The predicted molar refractivity (Wildman–Crippen MR) is 127 cm³/mol. The zero-order chi connectivity index (χ0) is 23.5. The molecular formula is C22H15N5O5S. The summed E-state index contributed by atoms with van der Waals surface area (Å²) in [7, 11) is 0. The highest BCUT2D eigenvalue weighted by atomic mass is 32.1. The summed E-state index contributed by atoms with van der Waals surface area (Å²) in [5.74, 6) is -0.513. The maximum absolute atomic E-state index is 12.7. The van der Waals surface area contributed by atoms with Crippen LogP contribution >= 0.6 is 12.2 Å². The summed E-state index contributed by atoms with van der Waals surface area (Å²) < 4.78 is 0.991. The minimum Gasteiger partial charge on any atom is -0.332 e. The first-order valence-electron chi connectivity index (χ1n) is 9.55. The monoisotopic (exact) mass is 461 g/mol. The van der Waals surface area contributed by atoms with E-state index in [1.54, 1.807) is 24.3 Å². The first-order valence-corrected chi connectivity index (χ1v) is 9.95. The van der Waals surface area contributed by atoms with E-state index in [0.29, 0.717) is 22.3 Å². The number of carbonyl (C=O) groups excluding carboxylic acids is 1. The number of hydrogen-bond acceptors (Lipinski definition) is 6. The lowest BCUT2D eigenvalue weighted by atomic mass is 10.2. The molecule has 1 aromatic heterocycles. The van der Waals surface area contributed by atoms with Gasteiger partial charge in [-0.25, -0.2) is 9.36 Å². The lowest BCUT2D eigenvalue weighted by molar-refractivity contribution is -0.384. The second-order valence-corrected chi connectivity index (χ2v) is 7.28. The lowest BCUT2D eigenvalue weighted by Crippen LogP contribution is -2.34. The third-order valence-corrected chi connectivity index (χ3v) is 4.96. The van der Waals surface area contributed by atoms with Gasteiger partial charge in [-0.1, -0.05) is 12.1 Å². The second kappa shape index (κ2) is 8.85. The molecule has 0 unspecified atom stereocenters. The number of hydrogen-bond donors (Lipinski definition) is 3. The molecule has 0 saturated carbocycles. The Hall–Kier alpha value is -4.64. The highest BCUT2D eigenvalue weighted by Gasteiger charge is 2.12. The van der Waals surface area contributed by atoms with Crippen LogP contribution in [0.1, 0.15) is 10.4 Å². The van der Waals surface area contributed by atoms with Gasteiger partial charge < -0.3 is 10.3 Å². The van der Waals surface area contributed by atoms with E-state index in [9.17, 15) is 24.5 Å². The van der Waals surface area contributed by atoms with E-state index in [2.05, 4.69) is 15.6 Å². The number of nitrogens with zero attached hydrogens (tertiary/aromatic N) is 2. The molecule has 4 rings (SSSR count). The van der Waals surface area contributed by atoms with Crippen molar-refractivity contribution in [1.82, 2.24) is 14.9 Å². The van der Waals surface area contributed by atoms with Crippen molar-refractivity contribution in [2.24, 2.45) is 0 Å². The van der Waals surface area contributed by atoms with Crippen molar-refractivity contribution >= 4 is 45.5 Å². The Balaban J connectivity index is 1.49. The van der Waals surface area contributed by atoms with Crippen molar-refractivity contribution in [3.05, 3.63) is 109 Å². The summed E-state index contributed by atoms with van der Waals surface area (Å²) in [6.45, 7) is 0. The number of non-ortho nitro benzene ring substituents is 1. The molecule has 0 spiro atoms. The number of thiocarbonyl (C=S) groups is 1. The maximum atomic E-state index is 12.7. The highest BCUT2D eigenvalue weighted by Crippen LogP contribution is 2.15. The molecule has 3 N–H and O–H groups in total. The van der Waals surface area contributed by atoms with Gasteiger partial charge in [0.05, 0.1) is 21.5 Å². The Morgan fingerprint density at radius 2 is 1.64 bits per heavy atom. The number of para-hydroxylation sites is 1. The molecule has 0 bridgehead atoms. The van der Waals surface area contributed by atoms with Gasteiger partial charge in [0, 0.05) is 23.4 Å². The number of carbonyl (C=O) groups is 1. The van der Waals surface area contributed by atoms with Crippen LogP contribution in [0.15, 0.2) is 82.4 Å². The Morgan fingerprint density at radius 3 is 2.30 bits per heavy atom. The fourth-order valence-electron chi connectivity index (χ4n) is 3.16. The van der Waals surface area contributed by atoms with Crippen molar-refractivity contribution in [1.29, 1.82) is 0 Å². The fourth-order valence-corrected chi connectivity index (χ4v) is 3.37. The molecular weight excluding hydrogens is 446 g/mol. The smallest absolute Gasteiger partial charge is 0.332 e. The molecule has 10 nitrogen and oxygen atoms in total. The number of nitrogens with one attached hydrogen (secondary N) is 3. The van der Waals surface area contributed by atoms with Crippen LogP contribution in [-0.2, 0) is 0 Å². The van der Waals surface area contributed by atoms with Gasteiger partial charge in [-0.2, -0.15) is 0 Å². The van der Waals surface area contributed by atoms with Gasteiger partial charge in [0.25, 0.3) is 17.2 Å². The quantitative estimate of drug-likeness (QED) is 0.241. The number of aromatic amines is 1. The maximum Gasteiger partial charge on any atom is 0.333 e. The average Bonchev–Trinajstić information content (AvgIpc) is 2.80. The minimum absolute atomic E-state index is 0.000114. The molecule has 3 aromatic carbocycles. The van der Waals surface area contributed by atoms with Crippen LogP contribution in [-0.4, -0.2) is 25.5 Å². The Morgan fingerprint density at radius 1 is 0.970 bits per heavy atom. The van der Waals surface area contributed by atoms with Gasteiger partial charge in [0.1, 0.15) is 0 Å². The number of rotatable bonds is 4. The number of nitro benzene ring substituents is 1. The molecule has 0 saturated heterocycles. The second-order valence-electron chi connectivity index (χ2n) is 6.88. The van der Waals surface area contributed by atoms with Gasteiger partial charge in [0.15, 0.2) is 5.11 Å². The van der Waals surface area contributed by atoms with Crippen LogP contribution in [0.4, 0.5) is 11.4 Å². The van der Waals surface area contributed by atoms with E-state index < -0.39 is 22.1 Å². The normalized spacial score (nSPS) is 10.5. The molecule has 0 fully saturated rings. The zero-order valence-electron chi connectivity index (χ0n) is 16.8. The van der Waals surface area contributed by atoms with Gasteiger partial charge in [-0.15, -0.1) is 0 Å². The molecule has 0 aliphatic rings. The van der Waals surface area contributed by atoms with Crippen LogP contribution in [0, 0.1) is 10.1 Å². The van der Waals surface area contributed by atoms with Crippen molar-refractivity contribution in [3.63, 3.8) is 0 Å². The van der Waals surface area contributed by atoms with E-state index in [1.807, 2.05) is 0 Å². The van der Waals surface area contributed by atoms with Crippen molar-refractivity contribution < 1.29 is 9.72 Å². The number of nitro groups is 1. The first kappa shape index (κ1) is 21.6. The largest absolute Gasteiger partial charge is 0.333 e. The summed E-state index contributed by atoms with van der Waals surface area (Å²) in [5.41, 5.74) is 0.321. The SMILES string of the molecule is O=C(NC(=S)Nc1ccc([N+](=O)[O-])cc1)c1ccc(-n2c(=O)[nH]c3ccccc3c2=O)cc1. The molecule has 164 valence electrons. The standard InChI is InChI=1S/C22H15N5O5S/c28-19(25-21(33)23-14-7-11-16(12-8-14)27(31)32)13-5-9-15(10-6-13)26-20(29)17-3-1-2-4-18(17)24-22(26)30/h1-12H,(H,24,30)(H2,23,25,28,33). The van der Waals surface area contributed by atoms with Crippen molar-refractivity contribution in [2.75, 3.05) is 5.32 Å². The third-order valence-electron chi connectivity index (χ3n) is 4.76. The topological polar surface area (TPSA) is 139 Å². The summed E-state index contributed by atoms with van der Waals surface area (Å²) in [4.78, 5) is 50.5. The van der Waals surface area contributed by atoms with E-state index >= 15 is 0 Å². The van der Waals surface area contributed by atoms with Crippen LogP contribution in [0.5, 0.6) is 0 Å². The summed E-state index contributed by atoms with van der Waals surface area (Å²) >= 11 is 5.11. The molecule has 0 radical (unpaired) electrons. The van der Waals surface area contributed by atoms with E-state index in [4.69, 9.17) is 12.2 Å². The molecule has 0 aliphatic carbocycles. The minimum atomic E-state index is -0.593. The average molecular weight is 461 g/mol. The van der Waals surface area contributed by atoms with Crippen LogP contribution in [0.3, 0.4) is 0 Å². The van der Waals surface area contributed by atoms with Crippen molar-refractivity contribution in [3.8, 4) is 5.69 Å². The number of benzene rings is 3. The van der Waals surface area contributed by atoms with Crippen LogP contribution in [0.2, 0.25) is 0 Å². The number of fused-ring (bicyclic) bond motifs is 1. The molecule has 1 amide bonds. The molecule has 0 aliphatic heterocycles. The fraction of sp³-hybridized carbons (Fsp3) is 0. The summed E-state index contributed by atoms with van der Waals surface area (Å²) in [5, 5.41) is 16.3. The number of aromatic nitrogens is 2. The summed E-state index contributed by atoms with van der Waals surface area (Å²) in [6, 6.07) is 18.1. The van der Waals surface area contributed by atoms with Crippen LogP contribution < -0.4 is 21.9 Å². The zero-order valence-corrected chi connectivity index (χ0v) is 17.6. The number of anilines is 1. The van der Waals surface area contributed by atoms with Gasteiger partial charge in [-0.05, 0) is 60.7 Å². The van der Waals surface area contributed by atoms with Crippen LogP contribution in [0.25, 0.3) is 16.6 Å². The van der Waals surface area contributed by atoms with E-state index in [-0.39, 0.29) is 16.4 Å². The molecule has 11 heteroatoms. The van der Waals surface area contributed by atoms with Crippen molar-refractivity contribution in [2.45, 2.75) is 0 Å².